The maximum atomic E-state index is 11.7. The predicted octanol–water partition coefficient (Wildman–Crippen LogP) is 2.46. The van der Waals surface area contributed by atoms with Crippen LogP contribution in [0.4, 0.5) is 0 Å². The van der Waals surface area contributed by atoms with Crippen molar-refractivity contribution in [1.82, 2.24) is 4.90 Å². The van der Waals surface area contributed by atoms with E-state index in [-0.39, 0.29) is 0 Å². The summed E-state index contributed by atoms with van der Waals surface area (Å²) in [6.45, 7) is 2.87. The number of carbonyl (C=O) groups excluding carboxylic acids is 1. The summed E-state index contributed by atoms with van der Waals surface area (Å²) in [5.41, 5.74) is 2.41. The van der Waals surface area contributed by atoms with Crippen LogP contribution < -0.4 is 0 Å². The van der Waals surface area contributed by atoms with E-state index in [1.54, 1.807) is 11.8 Å². The van der Waals surface area contributed by atoms with E-state index in [4.69, 9.17) is 0 Å². The van der Waals surface area contributed by atoms with Crippen LogP contribution in [0, 0.1) is 0 Å². The summed E-state index contributed by atoms with van der Waals surface area (Å²) in [6, 6.07) is 10.5. The lowest BCUT2D eigenvalue weighted by Gasteiger charge is -2.27. The van der Waals surface area contributed by atoms with Gasteiger partial charge in [-0.05, 0) is 16.9 Å². The van der Waals surface area contributed by atoms with Crippen LogP contribution in [0.15, 0.2) is 40.8 Å². The summed E-state index contributed by atoms with van der Waals surface area (Å²) in [6.07, 6.45) is 1.05. The van der Waals surface area contributed by atoms with Gasteiger partial charge in [-0.1, -0.05) is 30.3 Å². The highest BCUT2D eigenvalue weighted by Crippen LogP contribution is 2.35. The lowest BCUT2D eigenvalue weighted by atomic mass is 10.1. The van der Waals surface area contributed by atoms with Crippen molar-refractivity contribution in [2.45, 2.75) is 13.0 Å². The number of Topliss-reactive ketones (excluding diaryl/α,β-unsaturated/α-hetero) is 1. The molecule has 0 saturated heterocycles. The number of ketones is 1. The van der Waals surface area contributed by atoms with Crippen molar-refractivity contribution < 1.29 is 4.79 Å². The van der Waals surface area contributed by atoms with Crippen molar-refractivity contribution >= 4 is 17.5 Å². The molecule has 0 fully saturated rings. The van der Waals surface area contributed by atoms with Crippen molar-refractivity contribution in [3.63, 3.8) is 0 Å². The molecule has 0 unspecified atom stereocenters. The van der Waals surface area contributed by atoms with Crippen LogP contribution >= 0.6 is 11.8 Å². The molecule has 0 N–H and O–H groups in total. The van der Waals surface area contributed by atoms with Crippen LogP contribution in [0.25, 0.3) is 0 Å². The summed E-state index contributed by atoms with van der Waals surface area (Å²) < 4.78 is 0. The third-order valence-electron chi connectivity index (χ3n) is 3.34. The molecular weight excluding hydrogens is 230 g/mol. The first-order chi connectivity index (χ1) is 8.33. The molecule has 0 aliphatic carbocycles. The minimum atomic E-state index is 0.350. The molecule has 0 bridgehead atoms. The molecule has 0 aromatic heterocycles. The molecule has 3 heteroatoms. The number of nitrogens with zero attached hydrogens (tertiary/aromatic N) is 1. The van der Waals surface area contributed by atoms with Gasteiger partial charge >= 0.3 is 0 Å². The second-order valence-electron chi connectivity index (χ2n) is 4.56. The molecule has 0 amide bonds. The smallest absolute Gasteiger partial charge is 0.171 e. The molecule has 1 aromatic carbocycles. The van der Waals surface area contributed by atoms with Gasteiger partial charge in [-0.3, -0.25) is 9.69 Å². The van der Waals surface area contributed by atoms with E-state index >= 15 is 0 Å². The number of hydrogen-bond donors (Lipinski definition) is 0. The summed E-state index contributed by atoms with van der Waals surface area (Å²) in [5, 5.41) is 0. The first kappa shape index (κ1) is 11.1. The Morgan fingerprint density at radius 2 is 2.06 bits per heavy atom. The number of rotatable bonds is 2. The molecule has 0 atom stereocenters. The van der Waals surface area contributed by atoms with E-state index in [9.17, 15) is 4.79 Å². The number of hydrogen-bond acceptors (Lipinski definition) is 3. The second-order valence-corrected chi connectivity index (χ2v) is 5.63. The summed E-state index contributed by atoms with van der Waals surface area (Å²) in [4.78, 5) is 15.4. The molecule has 2 aliphatic rings. The van der Waals surface area contributed by atoms with Gasteiger partial charge in [0.2, 0.25) is 0 Å². The fourth-order valence-corrected chi connectivity index (χ4v) is 3.49. The lowest BCUT2D eigenvalue weighted by molar-refractivity contribution is -0.113. The minimum Gasteiger partial charge on any atom is -0.294 e. The molecule has 0 saturated carbocycles. The topological polar surface area (TPSA) is 20.3 Å². The molecule has 1 aromatic rings. The zero-order chi connectivity index (χ0) is 11.7. The largest absolute Gasteiger partial charge is 0.294 e. The summed E-state index contributed by atoms with van der Waals surface area (Å²) in [7, 11) is 0. The van der Waals surface area contributed by atoms with Crippen LogP contribution in [-0.2, 0) is 11.3 Å². The van der Waals surface area contributed by atoms with Gasteiger partial charge in [0.15, 0.2) is 5.78 Å². The standard InChI is InChI=1S/C14H15NOS/c16-13-10-17-14-6-7-15(9-12(13)14)8-11-4-2-1-3-5-11/h1-5H,6-10H2. The van der Waals surface area contributed by atoms with Gasteiger partial charge in [0.1, 0.15) is 0 Å². The quantitative estimate of drug-likeness (QED) is 0.798. The normalized spacial score (nSPS) is 20.8. The van der Waals surface area contributed by atoms with E-state index in [1.807, 2.05) is 6.07 Å². The number of benzene rings is 1. The van der Waals surface area contributed by atoms with Crippen LogP contribution in [0.5, 0.6) is 0 Å². The average Bonchev–Trinajstić information content (AvgIpc) is 2.73. The van der Waals surface area contributed by atoms with Crippen LogP contribution in [0.2, 0.25) is 0 Å². The molecular formula is C14H15NOS. The Morgan fingerprint density at radius 1 is 1.24 bits per heavy atom. The third-order valence-corrected chi connectivity index (χ3v) is 4.54. The van der Waals surface area contributed by atoms with E-state index in [1.165, 1.54) is 10.5 Å². The maximum absolute atomic E-state index is 11.7. The molecule has 17 heavy (non-hydrogen) atoms. The van der Waals surface area contributed by atoms with Crippen molar-refractivity contribution in [3.8, 4) is 0 Å². The van der Waals surface area contributed by atoms with E-state index < -0.39 is 0 Å². The lowest BCUT2D eigenvalue weighted by Crippen LogP contribution is -2.31. The van der Waals surface area contributed by atoms with Crippen LogP contribution in [0.3, 0.4) is 0 Å². The molecule has 0 spiro atoms. The fraction of sp³-hybridized carbons (Fsp3) is 0.357. The van der Waals surface area contributed by atoms with Crippen molar-refractivity contribution in [1.29, 1.82) is 0 Å². The molecule has 0 radical (unpaired) electrons. The summed E-state index contributed by atoms with van der Waals surface area (Å²) >= 11 is 1.75. The Labute approximate surface area is 106 Å². The third kappa shape index (κ3) is 2.31. The molecule has 3 rings (SSSR count). The average molecular weight is 245 g/mol. The summed E-state index contributed by atoms with van der Waals surface area (Å²) in [5.74, 6) is 1.02. The Bertz CT molecular complexity index is 466. The van der Waals surface area contributed by atoms with Gasteiger partial charge in [0, 0.05) is 25.2 Å². The first-order valence-corrected chi connectivity index (χ1v) is 6.96. The first-order valence-electron chi connectivity index (χ1n) is 5.97. The SMILES string of the molecule is O=C1CSC2=C1CN(Cc1ccccc1)CC2. The van der Waals surface area contributed by atoms with E-state index in [0.29, 0.717) is 11.5 Å². The van der Waals surface area contributed by atoms with E-state index in [2.05, 4.69) is 29.2 Å². The van der Waals surface area contributed by atoms with Gasteiger partial charge in [0.25, 0.3) is 0 Å². The zero-order valence-corrected chi connectivity index (χ0v) is 10.5. The number of thioether (sulfide) groups is 1. The molecule has 2 heterocycles. The van der Waals surface area contributed by atoms with Crippen molar-refractivity contribution in [2.24, 2.45) is 0 Å². The van der Waals surface area contributed by atoms with Gasteiger partial charge in [-0.15, -0.1) is 11.8 Å². The van der Waals surface area contributed by atoms with Gasteiger partial charge in [-0.25, -0.2) is 0 Å². The molecule has 88 valence electrons. The highest BCUT2D eigenvalue weighted by atomic mass is 32.2. The van der Waals surface area contributed by atoms with Gasteiger partial charge in [-0.2, -0.15) is 0 Å². The van der Waals surface area contributed by atoms with Crippen LogP contribution in [-0.4, -0.2) is 29.5 Å². The van der Waals surface area contributed by atoms with Crippen molar-refractivity contribution in [3.05, 3.63) is 46.4 Å². The monoisotopic (exact) mass is 245 g/mol. The Balaban J connectivity index is 1.70. The van der Waals surface area contributed by atoms with E-state index in [0.717, 1.165) is 31.6 Å². The zero-order valence-electron chi connectivity index (χ0n) is 9.69. The highest BCUT2D eigenvalue weighted by molar-refractivity contribution is 8.04. The van der Waals surface area contributed by atoms with Crippen molar-refractivity contribution in [2.75, 3.05) is 18.8 Å². The van der Waals surface area contributed by atoms with Crippen LogP contribution in [0.1, 0.15) is 12.0 Å². The predicted molar refractivity (Wildman–Crippen MR) is 70.8 cm³/mol. The maximum Gasteiger partial charge on any atom is 0.171 e. The fourth-order valence-electron chi connectivity index (χ4n) is 2.42. The van der Waals surface area contributed by atoms with Gasteiger partial charge in [0.05, 0.1) is 5.75 Å². The Hall–Kier alpha value is -1.06. The molecule has 2 nitrogen and oxygen atoms in total. The Kier molecular flexibility index (Phi) is 3.04. The Morgan fingerprint density at radius 3 is 2.88 bits per heavy atom. The second kappa shape index (κ2) is 4.67. The van der Waals surface area contributed by atoms with Gasteiger partial charge < -0.3 is 0 Å². The number of carbonyl (C=O) groups is 1. The minimum absolute atomic E-state index is 0.350. The molecule has 2 aliphatic heterocycles. The highest BCUT2D eigenvalue weighted by Gasteiger charge is 2.28.